The number of hydrogen-bond donors (Lipinski definition) is 0. The van der Waals surface area contributed by atoms with E-state index in [1.54, 1.807) is 0 Å². The number of rotatable bonds is 59. The van der Waals surface area contributed by atoms with Crippen molar-refractivity contribution in [1.82, 2.24) is 0 Å². The lowest BCUT2D eigenvalue weighted by molar-refractivity contribution is -0.134. The highest BCUT2D eigenvalue weighted by Crippen LogP contribution is 2.20. The van der Waals surface area contributed by atoms with Gasteiger partial charge < -0.3 is 4.74 Å². The van der Waals surface area contributed by atoms with Crippen molar-refractivity contribution in [2.24, 2.45) is 0 Å². The van der Waals surface area contributed by atoms with Crippen molar-refractivity contribution in [2.45, 2.75) is 379 Å². The van der Waals surface area contributed by atoms with Gasteiger partial charge in [-0.25, -0.2) is 0 Å². The predicted octanol–water partition coefficient (Wildman–Crippen LogP) is 24.2. The first-order chi connectivity index (χ1) is 33.8. The van der Waals surface area contributed by atoms with E-state index in [9.17, 15) is 4.79 Å². The van der Waals surface area contributed by atoms with Gasteiger partial charge in [0.15, 0.2) is 0 Å². The van der Waals surface area contributed by atoms with Gasteiger partial charge in [-0.2, -0.15) is 0 Å². The van der Waals surface area contributed by atoms with E-state index >= 15 is 0 Å². The van der Waals surface area contributed by atoms with Crippen molar-refractivity contribution in [3.63, 3.8) is 0 Å². The summed E-state index contributed by atoms with van der Waals surface area (Å²) >= 11 is 0. The Labute approximate surface area is 429 Å². The van der Waals surface area contributed by atoms with Crippen molar-refractivity contribution >= 4 is 5.97 Å². The topological polar surface area (TPSA) is 26.3 Å². The summed E-state index contributed by atoms with van der Waals surface area (Å²) < 4.78 is 5.37. The molecule has 400 valence electrons. The van der Waals surface area contributed by atoms with Crippen molar-refractivity contribution < 1.29 is 9.53 Å². The molecule has 2 heteroatoms. The maximum Gasteiger partial charge on any atom is 0.311 e. The number of benzene rings is 1. The van der Waals surface area contributed by atoms with Gasteiger partial charge in [-0.3, -0.25) is 4.79 Å². The number of esters is 1. The van der Waals surface area contributed by atoms with Crippen LogP contribution in [0.4, 0.5) is 0 Å². The van der Waals surface area contributed by atoms with E-state index < -0.39 is 0 Å². The Balaban J connectivity index is 1.60. The van der Waals surface area contributed by atoms with Crippen LogP contribution in [0, 0.1) is 0 Å². The van der Waals surface area contributed by atoms with Crippen LogP contribution in [-0.2, 0) is 4.79 Å². The van der Waals surface area contributed by atoms with Crippen LogP contribution in [0.25, 0.3) is 0 Å². The molecule has 0 amide bonds. The molecule has 0 radical (unpaired) electrons. The van der Waals surface area contributed by atoms with Crippen LogP contribution in [0.3, 0.4) is 0 Å². The largest absolute Gasteiger partial charge is 0.427 e. The minimum Gasteiger partial charge on any atom is -0.427 e. The predicted molar refractivity (Wildman–Crippen MR) is 306 cm³/mol. The van der Waals surface area contributed by atoms with Crippen LogP contribution in [0.2, 0.25) is 0 Å². The van der Waals surface area contributed by atoms with Gasteiger partial charge in [0.25, 0.3) is 0 Å². The lowest BCUT2D eigenvalue weighted by atomic mass is 10.0. The Kier molecular flexibility index (Phi) is 55.4. The second-order valence-corrected chi connectivity index (χ2v) is 22.3. The van der Waals surface area contributed by atoms with Gasteiger partial charge in [0, 0.05) is 6.42 Å². The number of para-hydroxylation sites is 1. The molecule has 0 aromatic heterocycles. The van der Waals surface area contributed by atoms with Gasteiger partial charge in [-0.1, -0.05) is 385 Å². The van der Waals surface area contributed by atoms with E-state index in [0.717, 1.165) is 12.8 Å². The van der Waals surface area contributed by atoms with E-state index in [1.165, 1.54) is 353 Å². The maximum absolute atomic E-state index is 11.9. The standard InChI is InChI=1S/C66H124O2/c1-2-3-4-5-6-7-8-9-10-11-12-13-14-15-16-17-18-19-20-21-22-23-24-25-26-27-28-29-30-31-32-33-34-35-36-37-38-39-40-41-42-43-44-45-46-47-48-49-50-51-52-53-54-55-56-57-61-64-66(67)68-65-62-59-58-60-63-65/h58-60,62-63H,2-57,61,64H2,1H3. The van der Waals surface area contributed by atoms with Crippen molar-refractivity contribution in [3.8, 4) is 5.75 Å². The lowest BCUT2D eigenvalue weighted by Gasteiger charge is -2.05. The first-order valence-electron chi connectivity index (χ1n) is 32.1. The number of hydrogen-bond acceptors (Lipinski definition) is 2. The summed E-state index contributed by atoms with van der Waals surface area (Å²) in [5.41, 5.74) is 0. The summed E-state index contributed by atoms with van der Waals surface area (Å²) in [7, 11) is 0. The molecule has 2 nitrogen and oxygen atoms in total. The summed E-state index contributed by atoms with van der Waals surface area (Å²) in [5.74, 6) is 0.560. The van der Waals surface area contributed by atoms with Gasteiger partial charge in [-0.15, -0.1) is 0 Å². The Morgan fingerprint density at radius 3 is 0.588 bits per heavy atom. The average molecular weight is 950 g/mol. The zero-order valence-electron chi connectivity index (χ0n) is 46.7. The zero-order chi connectivity index (χ0) is 48.4. The third kappa shape index (κ3) is 54.0. The second-order valence-electron chi connectivity index (χ2n) is 22.3. The average Bonchev–Trinajstić information content (AvgIpc) is 3.35. The van der Waals surface area contributed by atoms with Crippen molar-refractivity contribution in [1.29, 1.82) is 0 Å². The summed E-state index contributed by atoms with van der Waals surface area (Å²) in [6, 6.07) is 9.42. The van der Waals surface area contributed by atoms with Crippen molar-refractivity contribution in [2.75, 3.05) is 0 Å². The molecule has 0 aliphatic heterocycles. The molecular weight excluding hydrogens is 825 g/mol. The molecule has 1 aromatic rings. The molecule has 0 aliphatic carbocycles. The molecule has 68 heavy (non-hydrogen) atoms. The molecule has 0 saturated heterocycles. The molecule has 1 aromatic carbocycles. The highest BCUT2D eigenvalue weighted by Gasteiger charge is 2.05. The Hall–Kier alpha value is -1.31. The van der Waals surface area contributed by atoms with E-state index in [1.807, 2.05) is 30.3 Å². The van der Waals surface area contributed by atoms with Crippen LogP contribution in [0.1, 0.15) is 379 Å². The molecule has 0 heterocycles. The SMILES string of the molecule is CCCCCCCCCCCCCCCCCCCCCCCCCCCCCCCCCCCCCCCCCCCCCCCCCCCCCCCCCCCC(=O)Oc1ccccc1. The molecule has 0 fully saturated rings. The first kappa shape index (κ1) is 64.7. The van der Waals surface area contributed by atoms with Crippen LogP contribution in [-0.4, -0.2) is 5.97 Å². The summed E-state index contributed by atoms with van der Waals surface area (Å²) in [5, 5.41) is 0. The van der Waals surface area contributed by atoms with E-state index in [2.05, 4.69) is 6.92 Å². The smallest absolute Gasteiger partial charge is 0.311 e. The van der Waals surface area contributed by atoms with Crippen LogP contribution in [0.15, 0.2) is 30.3 Å². The fraction of sp³-hybridized carbons (Fsp3) is 0.894. The van der Waals surface area contributed by atoms with Crippen LogP contribution >= 0.6 is 0 Å². The van der Waals surface area contributed by atoms with E-state index in [4.69, 9.17) is 4.74 Å². The monoisotopic (exact) mass is 949 g/mol. The fourth-order valence-electron chi connectivity index (χ4n) is 10.7. The summed E-state index contributed by atoms with van der Waals surface area (Å²) in [6.45, 7) is 2.31. The lowest BCUT2D eigenvalue weighted by Crippen LogP contribution is -2.07. The van der Waals surface area contributed by atoms with Crippen LogP contribution < -0.4 is 4.74 Å². The Morgan fingerprint density at radius 1 is 0.250 bits per heavy atom. The number of carbonyl (C=O) groups excluding carboxylic acids is 1. The van der Waals surface area contributed by atoms with Gasteiger partial charge in [0.1, 0.15) is 5.75 Å². The third-order valence-corrected chi connectivity index (χ3v) is 15.5. The highest BCUT2D eigenvalue weighted by atomic mass is 16.5. The third-order valence-electron chi connectivity index (χ3n) is 15.5. The molecule has 0 bridgehead atoms. The van der Waals surface area contributed by atoms with E-state index in [-0.39, 0.29) is 5.97 Å². The van der Waals surface area contributed by atoms with E-state index in [0.29, 0.717) is 12.2 Å². The number of carbonyl (C=O) groups is 1. The van der Waals surface area contributed by atoms with Crippen LogP contribution in [0.5, 0.6) is 5.75 Å². The molecule has 0 unspecified atom stereocenters. The Morgan fingerprint density at radius 2 is 0.412 bits per heavy atom. The molecule has 0 atom stereocenters. The summed E-state index contributed by atoms with van der Waals surface area (Å²) in [6.07, 6.45) is 83.3. The summed E-state index contributed by atoms with van der Waals surface area (Å²) in [4.78, 5) is 11.9. The second kappa shape index (κ2) is 58.3. The molecule has 0 spiro atoms. The molecular formula is C66H124O2. The van der Waals surface area contributed by atoms with Crippen molar-refractivity contribution in [3.05, 3.63) is 30.3 Å². The van der Waals surface area contributed by atoms with Gasteiger partial charge >= 0.3 is 5.97 Å². The molecule has 1 rings (SSSR count). The zero-order valence-corrected chi connectivity index (χ0v) is 46.7. The molecule has 0 aliphatic rings. The quantitative estimate of drug-likeness (QED) is 0.0369. The minimum absolute atomic E-state index is 0.0980. The van der Waals surface area contributed by atoms with Gasteiger partial charge in [-0.05, 0) is 18.6 Å². The molecule has 0 N–H and O–H groups in total. The molecule has 0 saturated carbocycles. The normalized spacial score (nSPS) is 11.5. The Bertz CT molecular complexity index is 1050. The minimum atomic E-state index is -0.0980. The van der Waals surface area contributed by atoms with Gasteiger partial charge in [0.2, 0.25) is 0 Å². The van der Waals surface area contributed by atoms with Gasteiger partial charge in [0.05, 0.1) is 0 Å². The fourth-order valence-corrected chi connectivity index (χ4v) is 10.7. The highest BCUT2D eigenvalue weighted by molar-refractivity contribution is 5.72. The number of ether oxygens (including phenoxy) is 1. The number of unbranched alkanes of at least 4 members (excludes halogenated alkanes) is 56. The maximum atomic E-state index is 11.9. The first-order valence-corrected chi connectivity index (χ1v) is 32.1.